The van der Waals surface area contributed by atoms with E-state index in [-0.39, 0.29) is 0 Å². The molecule has 0 aliphatic carbocycles. The Morgan fingerprint density at radius 1 is 0.432 bits per heavy atom. The fraction of sp³-hybridized carbons (Fsp3) is 0. The zero-order valence-corrected chi connectivity index (χ0v) is 21.3. The summed E-state index contributed by atoms with van der Waals surface area (Å²) >= 11 is 13.3. The predicted molar refractivity (Wildman–Crippen MR) is 159 cm³/mol. The normalized spacial score (nSPS) is 11.5. The van der Waals surface area contributed by atoms with E-state index in [0.717, 1.165) is 38.8 Å². The lowest BCUT2D eigenvalue weighted by molar-refractivity contribution is 1.27. The number of aromatic nitrogens is 1. The first kappa shape index (κ1) is 22.2. The number of nitrogens with zero attached hydrogens (tertiary/aromatic N) is 1. The van der Waals surface area contributed by atoms with E-state index in [2.05, 4.69) is 120 Å². The molecule has 2 aromatic heterocycles. The van der Waals surface area contributed by atoms with Crippen molar-refractivity contribution in [2.24, 2.45) is 0 Å². The van der Waals surface area contributed by atoms with Crippen molar-refractivity contribution < 1.29 is 0 Å². The standard InChI is InChI=1S/C34H21Cl2N/c35-28-20-27-30(21-29(28)36)37-33(24-16-8-3-9-17-24)31(22-12-4-1-5-13-22)25-18-10-11-19-26(25)34(37)32(27)23-14-6-2-7-15-23/h1-21H. The molecule has 5 aromatic carbocycles. The summed E-state index contributed by atoms with van der Waals surface area (Å²) in [6, 6.07) is 44.5. The first-order valence-electron chi connectivity index (χ1n) is 12.3. The molecule has 0 saturated heterocycles. The van der Waals surface area contributed by atoms with Gasteiger partial charge in [-0.2, -0.15) is 0 Å². The van der Waals surface area contributed by atoms with Crippen molar-refractivity contribution in [3.8, 4) is 33.5 Å². The van der Waals surface area contributed by atoms with Gasteiger partial charge in [-0.25, -0.2) is 0 Å². The first-order chi connectivity index (χ1) is 18.2. The van der Waals surface area contributed by atoms with E-state index in [1.165, 1.54) is 21.9 Å². The van der Waals surface area contributed by atoms with Crippen molar-refractivity contribution in [3.05, 3.63) is 137 Å². The molecular formula is C34H21Cl2N. The second-order valence-corrected chi connectivity index (χ2v) is 10.0. The maximum atomic E-state index is 6.67. The fourth-order valence-electron chi connectivity index (χ4n) is 5.58. The summed E-state index contributed by atoms with van der Waals surface area (Å²) in [5.74, 6) is 0. The van der Waals surface area contributed by atoms with Gasteiger partial charge in [0.2, 0.25) is 0 Å². The van der Waals surface area contributed by atoms with Crippen molar-refractivity contribution in [2.75, 3.05) is 0 Å². The molecule has 0 aliphatic rings. The Labute approximate surface area is 225 Å². The highest BCUT2D eigenvalue weighted by Crippen LogP contribution is 2.48. The number of hydrogen-bond acceptors (Lipinski definition) is 0. The lowest BCUT2D eigenvalue weighted by Gasteiger charge is -2.19. The van der Waals surface area contributed by atoms with Crippen LogP contribution in [-0.4, -0.2) is 4.40 Å². The molecule has 7 aromatic rings. The zero-order valence-electron chi connectivity index (χ0n) is 19.8. The van der Waals surface area contributed by atoms with Crippen LogP contribution in [0.2, 0.25) is 10.0 Å². The van der Waals surface area contributed by atoms with Crippen molar-refractivity contribution in [2.45, 2.75) is 0 Å². The van der Waals surface area contributed by atoms with E-state index in [9.17, 15) is 0 Å². The van der Waals surface area contributed by atoms with E-state index in [4.69, 9.17) is 23.2 Å². The molecule has 0 aliphatic heterocycles. The molecule has 1 nitrogen and oxygen atoms in total. The van der Waals surface area contributed by atoms with Crippen LogP contribution in [0.3, 0.4) is 0 Å². The van der Waals surface area contributed by atoms with Gasteiger partial charge in [-0.1, -0.05) is 138 Å². The van der Waals surface area contributed by atoms with Gasteiger partial charge in [-0.05, 0) is 34.2 Å². The van der Waals surface area contributed by atoms with E-state index >= 15 is 0 Å². The van der Waals surface area contributed by atoms with Crippen LogP contribution < -0.4 is 0 Å². The summed E-state index contributed by atoms with van der Waals surface area (Å²) in [4.78, 5) is 0. The average molecular weight is 514 g/mol. The van der Waals surface area contributed by atoms with Gasteiger partial charge in [0.15, 0.2) is 0 Å². The lowest BCUT2D eigenvalue weighted by Crippen LogP contribution is -1.98. The molecular weight excluding hydrogens is 493 g/mol. The minimum atomic E-state index is 0.543. The van der Waals surface area contributed by atoms with Gasteiger partial charge in [-0.15, -0.1) is 0 Å². The highest BCUT2D eigenvalue weighted by Gasteiger charge is 2.24. The molecule has 0 atom stereocenters. The summed E-state index contributed by atoms with van der Waals surface area (Å²) in [6.45, 7) is 0. The van der Waals surface area contributed by atoms with Crippen LogP contribution in [0.25, 0.3) is 60.7 Å². The van der Waals surface area contributed by atoms with Gasteiger partial charge in [0.25, 0.3) is 0 Å². The third-order valence-electron chi connectivity index (χ3n) is 7.09. The summed E-state index contributed by atoms with van der Waals surface area (Å²) in [5.41, 5.74) is 9.11. The molecule has 3 heteroatoms. The molecule has 0 spiro atoms. The van der Waals surface area contributed by atoms with Crippen molar-refractivity contribution in [1.29, 1.82) is 0 Å². The molecule has 0 radical (unpaired) electrons. The third-order valence-corrected chi connectivity index (χ3v) is 7.82. The first-order valence-corrected chi connectivity index (χ1v) is 13.0. The fourth-order valence-corrected chi connectivity index (χ4v) is 5.90. The van der Waals surface area contributed by atoms with E-state index in [1.54, 1.807) is 0 Å². The van der Waals surface area contributed by atoms with Gasteiger partial charge in [0.05, 0.1) is 26.8 Å². The molecule has 176 valence electrons. The molecule has 0 bridgehead atoms. The largest absolute Gasteiger partial charge is 0.307 e. The third kappa shape index (κ3) is 3.47. The summed E-state index contributed by atoms with van der Waals surface area (Å²) in [5, 5.41) is 4.56. The van der Waals surface area contributed by atoms with E-state index in [0.29, 0.717) is 10.0 Å². The Balaban J connectivity index is 1.84. The SMILES string of the molecule is Clc1cc2c(-c3ccccc3)c3c4ccccc4c(-c4ccccc4)c(-c4ccccc4)n3c2cc1Cl. The molecule has 7 rings (SSSR count). The number of hydrogen-bond donors (Lipinski definition) is 0. The molecule has 0 saturated carbocycles. The van der Waals surface area contributed by atoms with Crippen LogP contribution in [0.5, 0.6) is 0 Å². The van der Waals surface area contributed by atoms with Crippen LogP contribution >= 0.6 is 23.2 Å². The smallest absolute Gasteiger partial charge is 0.0626 e. The monoisotopic (exact) mass is 513 g/mol. The van der Waals surface area contributed by atoms with E-state index in [1.807, 2.05) is 12.1 Å². The van der Waals surface area contributed by atoms with Gasteiger partial charge >= 0.3 is 0 Å². The Hall–Kier alpha value is -4.04. The van der Waals surface area contributed by atoms with Crippen LogP contribution in [0.1, 0.15) is 0 Å². The lowest BCUT2D eigenvalue weighted by atomic mass is 9.92. The molecule has 0 N–H and O–H groups in total. The van der Waals surface area contributed by atoms with Gasteiger partial charge < -0.3 is 4.40 Å². The number of benzene rings is 5. The number of rotatable bonds is 3. The van der Waals surface area contributed by atoms with Crippen molar-refractivity contribution in [1.82, 2.24) is 4.40 Å². The van der Waals surface area contributed by atoms with E-state index < -0.39 is 0 Å². The van der Waals surface area contributed by atoms with Crippen molar-refractivity contribution >= 4 is 50.4 Å². The van der Waals surface area contributed by atoms with Gasteiger partial charge in [-0.3, -0.25) is 0 Å². The molecule has 37 heavy (non-hydrogen) atoms. The average Bonchev–Trinajstić information content (AvgIpc) is 3.27. The van der Waals surface area contributed by atoms with Crippen LogP contribution in [0.4, 0.5) is 0 Å². The second-order valence-electron chi connectivity index (χ2n) is 9.21. The number of fused-ring (bicyclic) bond motifs is 5. The summed E-state index contributed by atoms with van der Waals surface area (Å²) in [7, 11) is 0. The number of halogens is 2. The topological polar surface area (TPSA) is 4.41 Å². The van der Waals surface area contributed by atoms with Crippen LogP contribution in [0.15, 0.2) is 127 Å². The van der Waals surface area contributed by atoms with Gasteiger partial charge in [0.1, 0.15) is 0 Å². The second kappa shape index (κ2) is 8.81. The highest BCUT2D eigenvalue weighted by molar-refractivity contribution is 6.43. The molecule has 0 unspecified atom stereocenters. The van der Waals surface area contributed by atoms with Crippen LogP contribution in [-0.2, 0) is 0 Å². The quantitative estimate of drug-likeness (QED) is 0.221. The van der Waals surface area contributed by atoms with Crippen molar-refractivity contribution in [3.63, 3.8) is 0 Å². The minimum absolute atomic E-state index is 0.543. The Bertz CT molecular complexity index is 1920. The maximum absolute atomic E-state index is 6.67. The van der Waals surface area contributed by atoms with Crippen LogP contribution in [0, 0.1) is 0 Å². The molecule has 0 fully saturated rings. The Morgan fingerprint density at radius 2 is 0.919 bits per heavy atom. The van der Waals surface area contributed by atoms with Gasteiger partial charge in [0, 0.05) is 21.9 Å². The maximum Gasteiger partial charge on any atom is 0.0626 e. The summed E-state index contributed by atoms with van der Waals surface area (Å²) < 4.78 is 2.39. The zero-order chi connectivity index (χ0) is 24.9. The number of pyridine rings is 1. The minimum Gasteiger partial charge on any atom is -0.307 e. The predicted octanol–water partition coefficient (Wildman–Crippen LogP) is 10.6. The Kier molecular flexibility index (Phi) is 5.28. The highest BCUT2D eigenvalue weighted by atomic mass is 35.5. The molecule has 0 amide bonds. The summed E-state index contributed by atoms with van der Waals surface area (Å²) in [6.07, 6.45) is 0. The molecule has 2 heterocycles. The Morgan fingerprint density at radius 3 is 1.54 bits per heavy atom.